The lowest BCUT2D eigenvalue weighted by Crippen LogP contribution is -2.10. The zero-order valence-electron chi connectivity index (χ0n) is 12.3. The fourth-order valence-electron chi connectivity index (χ4n) is 1.55. The molecule has 0 aliphatic rings. The maximum atomic E-state index is 12.2. The van der Waals surface area contributed by atoms with E-state index in [1.54, 1.807) is 42.1 Å². The zero-order valence-corrected chi connectivity index (χ0v) is 14.0. The summed E-state index contributed by atoms with van der Waals surface area (Å²) in [6.07, 6.45) is 5.12. The molecule has 6 nitrogen and oxygen atoms in total. The second kappa shape index (κ2) is 8.35. The predicted molar refractivity (Wildman–Crippen MR) is 95.4 cm³/mol. The number of nitrogens with zero attached hydrogens (tertiary/aromatic N) is 3. The number of amides is 1. The zero-order chi connectivity index (χ0) is 16.7. The Morgan fingerprint density at radius 3 is 2.74 bits per heavy atom. The largest absolute Gasteiger partial charge is 0.398 e. The van der Waals surface area contributed by atoms with Crippen molar-refractivity contribution < 1.29 is 4.79 Å². The van der Waals surface area contributed by atoms with Crippen molar-refractivity contribution >= 4 is 40.3 Å². The van der Waals surface area contributed by atoms with Crippen LogP contribution < -0.4 is 11.5 Å². The topological polar surface area (TPSA) is 107 Å². The third-order valence-electron chi connectivity index (χ3n) is 2.54. The van der Waals surface area contributed by atoms with E-state index in [1.807, 2.05) is 13.0 Å². The van der Waals surface area contributed by atoms with Crippen LogP contribution in [0, 0.1) is 0 Å². The van der Waals surface area contributed by atoms with Crippen LogP contribution in [-0.4, -0.2) is 21.0 Å². The van der Waals surface area contributed by atoms with Gasteiger partial charge >= 0.3 is 0 Å². The van der Waals surface area contributed by atoms with Gasteiger partial charge in [0, 0.05) is 23.0 Å². The number of nitrogen functional groups attached to an aromatic ring is 1. The summed E-state index contributed by atoms with van der Waals surface area (Å²) in [4.78, 5) is 25.1. The lowest BCUT2D eigenvalue weighted by atomic mass is 10.2. The Hall–Kier alpha value is -2.32. The van der Waals surface area contributed by atoms with Crippen LogP contribution in [0.2, 0.25) is 0 Å². The molecular weight excluding hydrogens is 330 g/mol. The summed E-state index contributed by atoms with van der Waals surface area (Å²) < 4.78 is 0. The average molecular weight is 345 g/mol. The summed E-state index contributed by atoms with van der Waals surface area (Å²) in [5.74, 6) is -0.478. The van der Waals surface area contributed by atoms with Gasteiger partial charge in [-0.1, -0.05) is 17.8 Å². The number of hydrogen-bond acceptors (Lipinski definition) is 6. The van der Waals surface area contributed by atoms with Gasteiger partial charge in [0.25, 0.3) is 5.91 Å². The Kier molecular flexibility index (Phi) is 6.19. The molecule has 0 bridgehead atoms. The van der Waals surface area contributed by atoms with Crippen molar-refractivity contribution in [3.05, 3.63) is 53.7 Å². The van der Waals surface area contributed by atoms with Crippen molar-refractivity contribution in [3.63, 3.8) is 0 Å². The SMILES string of the molecule is C/C=C/SC(N)=NC(=O)c1cc(Sc2ncccn2)ccc1N. The number of aliphatic imine (C=N–C) groups is 1. The number of carbonyl (C=O) groups excluding carboxylic acids is 1. The maximum absolute atomic E-state index is 12.2. The van der Waals surface area contributed by atoms with E-state index in [2.05, 4.69) is 15.0 Å². The highest BCUT2D eigenvalue weighted by molar-refractivity contribution is 8.16. The van der Waals surface area contributed by atoms with Crippen molar-refractivity contribution in [2.24, 2.45) is 10.7 Å². The molecule has 0 aliphatic carbocycles. The molecule has 2 rings (SSSR count). The van der Waals surface area contributed by atoms with Gasteiger partial charge in [0.15, 0.2) is 10.3 Å². The van der Waals surface area contributed by atoms with Crippen LogP contribution in [0.25, 0.3) is 0 Å². The van der Waals surface area contributed by atoms with Gasteiger partial charge in [-0.15, -0.1) is 0 Å². The number of allylic oxidation sites excluding steroid dienone is 1. The second-order valence-electron chi connectivity index (χ2n) is 4.22. The van der Waals surface area contributed by atoms with Gasteiger partial charge in [-0.3, -0.25) is 4.79 Å². The maximum Gasteiger partial charge on any atom is 0.281 e. The number of rotatable bonds is 4. The van der Waals surface area contributed by atoms with Gasteiger partial charge < -0.3 is 11.5 Å². The first-order chi connectivity index (χ1) is 11.1. The van der Waals surface area contributed by atoms with E-state index in [0.717, 1.165) is 4.90 Å². The Morgan fingerprint density at radius 2 is 2.04 bits per heavy atom. The van der Waals surface area contributed by atoms with Gasteiger partial charge in [-0.05, 0) is 48.4 Å². The lowest BCUT2D eigenvalue weighted by Gasteiger charge is -2.05. The number of amidine groups is 1. The highest BCUT2D eigenvalue weighted by Gasteiger charge is 2.12. The van der Waals surface area contributed by atoms with Gasteiger partial charge in [-0.25, -0.2) is 9.97 Å². The van der Waals surface area contributed by atoms with Gasteiger partial charge in [0.1, 0.15) is 0 Å². The molecular formula is C15H15N5OS2. The molecule has 8 heteroatoms. The number of anilines is 1. The fourth-order valence-corrected chi connectivity index (χ4v) is 2.71. The van der Waals surface area contributed by atoms with Crippen LogP contribution in [0.1, 0.15) is 17.3 Å². The molecule has 118 valence electrons. The summed E-state index contributed by atoms with van der Waals surface area (Å²) >= 11 is 2.51. The van der Waals surface area contributed by atoms with Crippen LogP contribution in [0.4, 0.5) is 5.69 Å². The average Bonchev–Trinajstić information content (AvgIpc) is 2.55. The Bertz CT molecular complexity index is 747. The van der Waals surface area contributed by atoms with Crippen LogP contribution in [0.15, 0.2) is 63.2 Å². The minimum Gasteiger partial charge on any atom is -0.398 e. The molecule has 1 amide bonds. The number of aromatic nitrogens is 2. The second-order valence-corrected chi connectivity index (χ2v) is 6.19. The summed E-state index contributed by atoms with van der Waals surface area (Å²) in [7, 11) is 0. The number of thioether (sulfide) groups is 1. The van der Waals surface area contributed by atoms with Crippen LogP contribution in [-0.2, 0) is 0 Å². The molecule has 1 aromatic carbocycles. The van der Waals surface area contributed by atoms with Gasteiger partial charge in [-0.2, -0.15) is 4.99 Å². The molecule has 0 fully saturated rings. The summed E-state index contributed by atoms with van der Waals surface area (Å²) in [6.45, 7) is 1.85. The smallest absolute Gasteiger partial charge is 0.281 e. The summed E-state index contributed by atoms with van der Waals surface area (Å²) in [6, 6.07) is 6.86. The molecule has 23 heavy (non-hydrogen) atoms. The number of nitrogens with two attached hydrogens (primary N) is 2. The predicted octanol–water partition coefficient (Wildman–Crippen LogP) is 2.93. The monoisotopic (exact) mass is 345 g/mol. The molecule has 0 unspecified atom stereocenters. The normalized spacial score (nSPS) is 11.8. The minimum atomic E-state index is -0.478. The van der Waals surface area contributed by atoms with Crippen molar-refractivity contribution in [2.75, 3.05) is 5.73 Å². The van der Waals surface area contributed by atoms with Crippen LogP contribution in [0.5, 0.6) is 0 Å². The van der Waals surface area contributed by atoms with Crippen molar-refractivity contribution in [1.29, 1.82) is 0 Å². The molecule has 0 atom stereocenters. The first-order valence-corrected chi connectivity index (χ1v) is 8.30. The molecule has 0 spiro atoms. The molecule has 0 saturated carbocycles. The van der Waals surface area contributed by atoms with E-state index < -0.39 is 5.91 Å². The molecule has 0 saturated heterocycles. The highest BCUT2D eigenvalue weighted by Crippen LogP contribution is 2.27. The fraction of sp³-hybridized carbons (Fsp3) is 0.0667. The van der Waals surface area contributed by atoms with E-state index >= 15 is 0 Å². The molecule has 0 radical (unpaired) electrons. The number of benzene rings is 1. The van der Waals surface area contributed by atoms with Crippen LogP contribution >= 0.6 is 23.5 Å². The van der Waals surface area contributed by atoms with Crippen molar-refractivity contribution in [3.8, 4) is 0 Å². The van der Waals surface area contributed by atoms with E-state index in [9.17, 15) is 4.79 Å². The highest BCUT2D eigenvalue weighted by atomic mass is 32.2. The number of hydrogen-bond donors (Lipinski definition) is 2. The van der Waals surface area contributed by atoms with E-state index in [0.29, 0.717) is 16.4 Å². The molecule has 0 aliphatic heterocycles. The third kappa shape index (κ3) is 5.11. The summed E-state index contributed by atoms with van der Waals surface area (Å²) in [5, 5.41) is 2.49. The first kappa shape index (κ1) is 17.0. The number of carbonyl (C=O) groups is 1. The van der Waals surface area contributed by atoms with Gasteiger partial charge in [0.2, 0.25) is 0 Å². The van der Waals surface area contributed by atoms with Crippen molar-refractivity contribution in [2.45, 2.75) is 17.0 Å². The van der Waals surface area contributed by atoms with Crippen molar-refractivity contribution in [1.82, 2.24) is 9.97 Å². The lowest BCUT2D eigenvalue weighted by molar-refractivity contribution is 0.100. The molecule has 4 N–H and O–H groups in total. The molecule has 1 heterocycles. The first-order valence-electron chi connectivity index (χ1n) is 6.61. The molecule has 1 aromatic heterocycles. The van der Waals surface area contributed by atoms with Gasteiger partial charge in [0.05, 0.1) is 5.56 Å². The molecule has 2 aromatic rings. The van der Waals surface area contributed by atoms with Crippen LogP contribution in [0.3, 0.4) is 0 Å². The summed E-state index contributed by atoms with van der Waals surface area (Å²) in [5.41, 5.74) is 12.2. The van der Waals surface area contributed by atoms with E-state index in [4.69, 9.17) is 11.5 Å². The quantitative estimate of drug-likeness (QED) is 0.379. The standard InChI is InChI=1S/C15H15N5OS2/c1-2-8-22-14(17)20-13(21)11-9-10(4-5-12(11)16)23-15-18-6-3-7-19-15/h2-9H,16H2,1H3,(H2,17,20,21)/b8-2+. The van der Waals surface area contributed by atoms with E-state index in [-0.39, 0.29) is 5.17 Å². The third-order valence-corrected chi connectivity index (χ3v) is 4.17. The Morgan fingerprint density at radius 1 is 1.30 bits per heavy atom. The van der Waals surface area contributed by atoms with E-state index in [1.165, 1.54) is 23.5 Å². The Labute approximate surface area is 142 Å². The minimum absolute atomic E-state index is 0.164. The Balaban J connectivity index is 2.21.